The van der Waals surface area contributed by atoms with Crippen LogP contribution in [0.5, 0.6) is 0 Å². The quantitative estimate of drug-likeness (QED) is 0.783. The standard InChI is InChI=1S/C11H11FN2O2S/c1-16-11(15)14-13-9-5-6-17-10-7(9)3-2-4-8(10)12/h2-4H,5-6H2,1H3,(H,14,15)/b13-9-. The Balaban J connectivity index is 2.29. The van der Waals surface area contributed by atoms with Crippen LogP contribution < -0.4 is 5.43 Å². The van der Waals surface area contributed by atoms with Crippen LogP contribution in [0.15, 0.2) is 28.2 Å². The van der Waals surface area contributed by atoms with Gasteiger partial charge in [0.25, 0.3) is 0 Å². The van der Waals surface area contributed by atoms with Crippen molar-refractivity contribution in [3.05, 3.63) is 29.6 Å². The molecule has 0 fully saturated rings. The molecule has 0 bridgehead atoms. The lowest BCUT2D eigenvalue weighted by molar-refractivity contribution is 0.171. The fourth-order valence-corrected chi connectivity index (χ4v) is 2.59. The van der Waals surface area contributed by atoms with Gasteiger partial charge in [-0.1, -0.05) is 12.1 Å². The van der Waals surface area contributed by atoms with Crippen molar-refractivity contribution >= 4 is 23.6 Å². The Morgan fingerprint density at radius 2 is 2.41 bits per heavy atom. The maximum atomic E-state index is 13.5. The first-order valence-corrected chi connectivity index (χ1v) is 6.03. The molecule has 1 aromatic rings. The number of nitrogens with zero attached hydrogens (tertiary/aromatic N) is 1. The lowest BCUT2D eigenvalue weighted by atomic mass is 10.1. The number of carbonyl (C=O) groups is 1. The Kier molecular flexibility index (Phi) is 3.63. The molecular formula is C11H11FN2O2S. The predicted octanol–water partition coefficient (Wildman–Crippen LogP) is 2.38. The molecule has 4 nitrogen and oxygen atoms in total. The zero-order chi connectivity index (χ0) is 12.3. The maximum absolute atomic E-state index is 13.5. The normalized spacial score (nSPS) is 16.5. The molecule has 1 aromatic carbocycles. The summed E-state index contributed by atoms with van der Waals surface area (Å²) in [6.07, 6.45) is 0.0548. The smallest absolute Gasteiger partial charge is 0.427 e. The minimum Gasteiger partial charge on any atom is -0.452 e. The highest BCUT2D eigenvalue weighted by molar-refractivity contribution is 7.99. The van der Waals surface area contributed by atoms with Crippen molar-refractivity contribution in [3.63, 3.8) is 0 Å². The van der Waals surface area contributed by atoms with Gasteiger partial charge in [-0.15, -0.1) is 11.8 Å². The molecule has 1 amide bonds. The Labute approximate surface area is 102 Å². The minimum absolute atomic E-state index is 0.252. The van der Waals surface area contributed by atoms with Crippen LogP contribution in [0.3, 0.4) is 0 Å². The number of hydrogen-bond acceptors (Lipinski definition) is 4. The van der Waals surface area contributed by atoms with Crippen LogP contribution >= 0.6 is 11.8 Å². The van der Waals surface area contributed by atoms with E-state index < -0.39 is 6.09 Å². The molecule has 0 saturated heterocycles. The summed E-state index contributed by atoms with van der Waals surface area (Å²) in [5, 5.41) is 3.95. The van der Waals surface area contributed by atoms with Gasteiger partial charge < -0.3 is 4.74 Å². The molecule has 90 valence electrons. The number of carbonyl (C=O) groups excluding carboxylic acids is 1. The number of halogens is 1. The summed E-state index contributed by atoms with van der Waals surface area (Å²) < 4.78 is 17.9. The zero-order valence-corrected chi connectivity index (χ0v) is 10.0. The second-order valence-corrected chi connectivity index (χ2v) is 4.48. The molecule has 0 spiro atoms. The second kappa shape index (κ2) is 5.18. The van der Waals surface area contributed by atoms with E-state index in [0.717, 1.165) is 11.3 Å². The first-order chi connectivity index (χ1) is 8.22. The van der Waals surface area contributed by atoms with Crippen molar-refractivity contribution < 1.29 is 13.9 Å². The number of rotatable bonds is 1. The lowest BCUT2D eigenvalue weighted by Gasteiger charge is -2.17. The van der Waals surface area contributed by atoms with Crippen LogP contribution in [0.2, 0.25) is 0 Å². The highest BCUT2D eigenvalue weighted by Crippen LogP contribution is 2.32. The Hall–Kier alpha value is -1.56. The van der Waals surface area contributed by atoms with E-state index in [4.69, 9.17) is 0 Å². The second-order valence-electron chi connectivity index (χ2n) is 3.38. The van der Waals surface area contributed by atoms with Crippen LogP contribution in [-0.2, 0) is 4.74 Å². The van der Waals surface area contributed by atoms with Crippen molar-refractivity contribution in [1.29, 1.82) is 0 Å². The number of ether oxygens (including phenoxy) is 1. The molecule has 6 heteroatoms. The molecule has 0 radical (unpaired) electrons. The van der Waals surface area contributed by atoms with Gasteiger partial charge in [-0.25, -0.2) is 14.6 Å². The number of benzene rings is 1. The highest BCUT2D eigenvalue weighted by atomic mass is 32.2. The molecule has 1 aliphatic rings. The van der Waals surface area contributed by atoms with Crippen LogP contribution in [0.25, 0.3) is 0 Å². The molecule has 0 saturated carbocycles. The first-order valence-electron chi connectivity index (χ1n) is 5.04. The van der Waals surface area contributed by atoms with Crippen molar-refractivity contribution in [3.8, 4) is 0 Å². The van der Waals surface area contributed by atoms with Gasteiger partial charge in [0.15, 0.2) is 0 Å². The van der Waals surface area contributed by atoms with Crippen molar-refractivity contribution in [2.24, 2.45) is 5.10 Å². The third-order valence-corrected chi connectivity index (χ3v) is 3.44. The highest BCUT2D eigenvalue weighted by Gasteiger charge is 2.19. The van der Waals surface area contributed by atoms with E-state index in [9.17, 15) is 9.18 Å². The third kappa shape index (κ3) is 2.58. The molecule has 1 aliphatic heterocycles. The van der Waals surface area contributed by atoms with Crippen molar-refractivity contribution in [2.45, 2.75) is 11.3 Å². The summed E-state index contributed by atoms with van der Waals surface area (Å²) in [4.78, 5) is 11.5. The van der Waals surface area contributed by atoms with E-state index >= 15 is 0 Å². The largest absolute Gasteiger partial charge is 0.452 e. The van der Waals surface area contributed by atoms with Gasteiger partial charge >= 0.3 is 6.09 Å². The number of hydrazone groups is 1. The fourth-order valence-electron chi connectivity index (χ4n) is 1.54. The van der Waals surface area contributed by atoms with Gasteiger partial charge in [-0.2, -0.15) is 5.10 Å². The van der Waals surface area contributed by atoms with Gasteiger partial charge in [0.05, 0.1) is 17.7 Å². The molecule has 17 heavy (non-hydrogen) atoms. The molecule has 0 unspecified atom stereocenters. The van der Waals surface area contributed by atoms with Gasteiger partial charge in [0.1, 0.15) is 5.82 Å². The molecule has 1 N–H and O–H groups in total. The maximum Gasteiger partial charge on any atom is 0.427 e. The van der Waals surface area contributed by atoms with Crippen molar-refractivity contribution in [1.82, 2.24) is 5.43 Å². The number of fused-ring (bicyclic) bond motifs is 1. The summed E-state index contributed by atoms with van der Waals surface area (Å²) >= 11 is 1.46. The number of hydrogen-bond donors (Lipinski definition) is 1. The van der Waals surface area contributed by atoms with E-state index in [1.54, 1.807) is 12.1 Å². The third-order valence-electron chi connectivity index (χ3n) is 2.33. The van der Waals surface area contributed by atoms with Crippen LogP contribution in [0.1, 0.15) is 12.0 Å². The van der Waals surface area contributed by atoms with E-state index in [-0.39, 0.29) is 5.82 Å². The number of methoxy groups -OCH3 is 1. The Morgan fingerprint density at radius 3 is 3.18 bits per heavy atom. The van der Waals surface area contributed by atoms with Gasteiger partial charge in [0, 0.05) is 17.7 Å². The van der Waals surface area contributed by atoms with Crippen molar-refractivity contribution in [2.75, 3.05) is 12.9 Å². The summed E-state index contributed by atoms with van der Waals surface area (Å²) in [5.41, 5.74) is 3.66. The number of nitrogens with one attached hydrogen (secondary N) is 1. The summed E-state index contributed by atoms with van der Waals surface area (Å²) in [6.45, 7) is 0. The van der Waals surface area contributed by atoms with E-state index in [0.29, 0.717) is 17.0 Å². The lowest BCUT2D eigenvalue weighted by Crippen LogP contribution is -2.21. The molecule has 2 rings (SSSR count). The molecule has 0 atom stereocenters. The molecule has 0 aromatic heterocycles. The SMILES string of the molecule is COC(=O)N/N=C1/CCSc2c(F)cccc21. The average Bonchev–Trinajstić information content (AvgIpc) is 2.36. The summed E-state index contributed by atoms with van der Waals surface area (Å²) in [5.74, 6) is 0.494. The number of amides is 1. The summed E-state index contributed by atoms with van der Waals surface area (Å²) in [7, 11) is 1.26. The van der Waals surface area contributed by atoms with Crippen LogP contribution in [0, 0.1) is 5.82 Å². The monoisotopic (exact) mass is 254 g/mol. The van der Waals surface area contributed by atoms with Gasteiger partial charge in [-0.05, 0) is 6.07 Å². The van der Waals surface area contributed by atoms with Gasteiger partial charge in [0.2, 0.25) is 0 Å². The fraction of sp³-hybridized carbons (Fsp3) is 0.273. The van der Waals surface area contributed by atoms with E-state index in [1.165, 1.54) is 24.9 Å². The number of thioether (sulfide) groups is 1. The molecule has 0 aliphatic carbocycles. The van der Waals surface area contributed by atoms with E-state index in [2.05, 4.69) is 15.3 Å². The minimum atomic E-state index is -0.631. The zero-order valence-electron chi connectivity index (χ0n) is 9.20. The Bertz CT molecular complexity index is 477. The molecule has 1 heterocycles. The predicted molar refractivity (Wildman–Crippen MR) is 63.8 cm³/mol. The summed E-state index contributed by atoms with van der Waals surface area (Å²) in [6, 6.07) is 4.85. The Morgan fingerprint density at radius 1 is 1.59 bits per heavy atom. The first kappa shape index (κ1) is 11.9. The van der Waals surface area contributed by atoms with Crippen LogP contribution in [-0.4, -0.2) is 24.7 Å². The van der Waals surface area contributed by atoms with Crippen LogP contribution in [0.4, 0.5) is 9.18 Å². The average molecular weight is 254 g/mol. The van der Waals surface area contributed by atoms with E-state index in [1.807, 2.05) is 0 Å². The van der Waals surface area contributed by atoms with Gasteiger partial charge in [-0.3, -0.25) is 0 Å². The topological polar surface area (TPSA) is 50.7 Å². The molecular weight excluding hydrogens is 243 g/mol.